The zero-order valence-electron chi connectivity index (χ0n) is 8.40. The highest BCUT2D eigenvalue weighted by Gasteiger charge is 2.26. The Hall–Kier alpha value is -0.0500. The summed E-state index contributed by atoms with van der Waals surface area (Å²) in [7, 11) is 0. The molecule has 1 rings (SSSR count). The summed E-state index contributed by atoms with van der Waals surface area (Å²) in [6, 6.07) is 0. The van der Waals surface area contributed by atoms with Gasteiger partial charge in [0.15, 0.2) is 0 Å². The first-order valence-electron chi connectivity index (χ1n) is 4.75. The third-order valence-electron chi connectivity index (χ3n) is 2.58. The Morgan fingerprint density at radius 1 is 1.54 bits per heavy atom. The zero-order valence-corrected chi connectivity index (χ0v) is 9.16. The third kappa shape index (κ3) is 3.67. The average molecular weight is 204 g/mol. The van der Waals surface area contributed by atoms with E-state index < -0.39 is 0 Å². The van der Waals surface area contributed by atoms with Gasteiger partial charge in [0, 0.05) is 30.8 Å². The smallest absolute Gasteiger partial charge is 0.0483 e. The standard InChI is InChI=1S/C10H18ClNO/c1-9(7-11)8-12-10(2)3-5-13-6-4-10/h7,12H,3-6,8H2,1-2H3. The Morgan fingerprint density at radius 3 is 2.69 bits per heavy atom. The van der Waals surface area contributed by atoms with Crippen LogP contribution >= 0.6 is 11.6 Å². The Kier molecular flexibility index (Phi) is 4.23. The number of ether oxygens (including phenoxy) is 1. The fourth-order valence-corrected chi connectivity index (χ4v) is 1.47. The van der Waals surface area contributed by atoms with Crippen LogP contribution in [0.1, 0.15) is 26.7 Å². The van der Waals surface area contributed by atoms with Crippen molar-refractivity contribution in [3.8, 4) is 0 Å². The van der Waals surface area contributed by atoms with E-state index in [0.717, 1.165) is 32.6 Å². The molecule has 0 aromatic heterocycles. The summed E-state index contributed by atoms with van der Waals surface area (Å²) in [5.41, 5.74) is 3.05. The van der Waals surface area contributed by atoms with Gasteiger partial charge in [-0.3, -0.25) is 0 Å². The summed E-state index contributed by atoms with van der Waals surface area (Å²) in [5.74, 6) is 0. The lowest BCUT2D eigenvalue weighted by atomic mass is 9.92. The molecular formula is C10H18ClNO. The summed E-state index contributed by atoms with van der Waals surface area (Å²) in [4.78, 5) is 0. The van der Waals surface area contributed by atoms with E-state index in [4.69, 9.17) is 16.3 Å². The van der Waals surface area contributed by atoms with Gasteiger partial charge in [0.05, 0.1) is 0 Å². The Morgan fingerprint density at radius 2 is 2.15 bits per heavy atom. The van der Waals surface area contributed by atoms with E-state index in [2.05, 4.69) is 12.2 Å². The van der Waals surface area contributed by atoms with E-state index in [9.17, 15) is 0 Å². The summed E-state index contributed by atoms with van der Waals surface area (Å²) in [6.45, 7) is 6.89. The molecule has 0 aliphatic carbocycles. The molecule has 0 unspecified atom stereocenters. The van der Waals surface area contributed by atoms with Crippen LogP contribution in [0.2, 0.25) is 0 Å². The highest BCUT2D eigenvalue weighted by atomic mass is 35.5. The molecule has 76 valence electrons. The van der Waals surface area contributed by atoms with Gasteiger partial charge < -0.3 is 10.1 Å². The summed E-state index contributed by atoms with van der Waals surface area (Å²) >= 11 is 5.59. The fourth-order valence-electron chi connectivity index (χ4n) is 1.39. The molecule has 1 heterocycles. The van der Waals surface area contributed by atoms with Gasteiger partial charge in [-0.2, -0.15) is 0 Å². The van der Waals surface area contributed by atoms with Crippen molar-refractivity contribution in [3.05, 3.63) is 11.1 Å². The molecule has 0 bridgehead atoms. The Labute approximate surface area is 85.3 Å². The van der Waals surface area contributed by atoms with Gasteiger partial charge in [0.2, 0.25) is 0 Å². The topological polar surface area (TPSA) is 21.3 Å². The van der Waals surface area contributed by atoms with Gasteiger partial charge in [-0.15, -0.1) is 0 Å². The summed E-state index contributed by atoms with van der Waals surface area (Å²) in [5, 5.41) is 3.52. The summed E-state index contributed by atoms with van der Waals surface area (Å²) in [6.07, 6.45) is 2.17. The van der Waals surface area contributed by atoms with E-state index in [0.29, 0.717) is 0 Å². The normalized spacial score (nSPS) is 23.2. The number of halogens is 1. The van der Waals surface area contributed by atoms with Crippen molar-refractivity contribution in [2.45, 2.75) is 32.2 Å². The van der Waals surface area contributed by atoms with Crippen LogP contribution in [-0.4, -0.2) is 25.3 Å². The lowest BCUT2D eigenvalue weighted by molar-refractivity contribution is 0.0465. The fraction of sp³-hybridized carbons (Fsp3) is 0.800. The molecule has 1 aliphatic rings. The SMILES string of the molecule is CC(=CCl)CNC1(C)CCOCC1. The van der Waals surface area contributed by atoms with Crippen molar-refractivity contribution in [1.29, 1.82) is 0 Å². The molecule has 0 saturated carbocycles. The first-order chi connectivity index (χ1) is 6.16. The molecule has 0 amide bonds. The van der Waals surface area contributed by atoms with E-state index in [1.54, 1.807) is 5.54 Å². The van der Waals surface area contributed by atoms with Gasteiger partial charge in [0.25, 0.3) is 0 Å². The number of hydrogen-bond donors (Lipinski definition) is 1. The maximum Gasteiger partial charge on any atom is 0.0483 e. The molecule has 0 spiro atoms. The molecule has 1 fully saturated rings. The molecule has 0 aromatic carbocycles. The second kappa shape index (κ2) is 4.99. The largest absolute Gasteiger partial charge is 0.381 e. The molecule has 1 saturated heterocycles. The van der Waals surface area contributed by atoms with Gasteiger partial charge in [-0.1, -0.05) is 11.6 Å². The molecule has 13 heavy (non-hydrogen) atoms. The predicted molar refractivity (Wildman–Crippen MR) is 56.1 cm³/mol. The lowest BCUT2D eigenvalue weighted by Crippen LogP contribution is -2.47. The zero-order chi connectivity index (χ0) is 9.73. The highest BCUT2D eigenvalue weighted by molar-refractivity contribution is 6.25. The van der Waals surface area contributed by atoms with E-state index in [1.807, 2.05) is 6.92 Å². The van der Waals surface area contributed by atoms with E-state index in [-0.39, 0.29) is 5.54 Å². The van der Waals surface area contributed by atoms with Crippen LogP contribution in [0.3, 0.4) is 0 Å². The first kappa shape index (κ1) is 11.0. The van der Waals surface area contributed by atoms with E-state index >= 15 is 0 Å². The lowest BCUT2D eigenvalue weighted by Gasteiger charge is -2.34. The molecule has 0 atom stereocenters. The van der Waals surface area contributed by atoms with Crippen LogP contribution < -0.4 is 5.32 Å². The van der Waals surface area contributed by atoms with Crippen LogP contribution in [0.5, 0.6) is 0 Å². The first-order valence-corrected chi connectivity index (χ1v) is 5.18. The average Bonchev–Trinajstić information content (AvgIpc) is 2.15. The minimum Gasteiger partial charge on any atom is -0.381 e. The van der Waals surface area contributed by atoms with Crippen LogP contribution in [0.25, 0.3) is 0 Å². The van der Waals surface area contributed by atoms with Crippen molar-refractivity contribution in [2.24, 2.45) is 0 Å². The van der Waals surface area contributed by atoms with Gasteiger partial charge in [-0.25, -0.2) is 0 Å². The minimum atomic E-state index is 0.236. The quantitative estimate of drug-likeness (QED) is 0.760. The minimum absolute atomic E-state index is 0.236. The molecule has 1 N–H and O–H groups in total. The Bertz CT molecular complexity index is 185. The predicted octanol–water partition coefficient (Wildman–Crippen LogP) is 2.29. The third-order valence-corrected chi connectivity index (χ3v) is 2.95. The van der Waals surface area contributed by atoms with Crippen LogP contribution in [0, 0.1) is 0 Å². The second-order valence-electron chi connectivity index (χ2n) is 3.98. The van der Waals surface area contributed by atoms with Crippen molar-refractivity contribution >= 4 is 11.6 Å². The van der Waals surface area contributed by atoms with Crippen LogP contribution in [0.15, 0.2) is 11.1 Å². The monoisotopic (exact) mass is 203 g/mol. The molecule has 0 aromatic rings. The van der Waals surface area contributed by atoms with Crippen molar-refractivity contribution in [1.82, 2.24) is 5.32 Å². The molecule has 0 radical (unpaired) electrons. The van der Waals surface area contributed by atoms with Crippen molar-refractivity contribution < 1.29 is 4.74 Å². The molecule has 2 nitrogen and oxygen atoms in total. The molecule has 3 heteroatoms. The number of hydrogen-bond acceptors (Lipinski definition) is 2. The van der Waals surface area contributed by atoms with Crippen molar-refractivity contribution in [3.63, 3.8) is 0 Å². The van der Waals surface area contributed by atoms with Crippen molar-refractivity contribution in [2.75, 3.05) is 19.8 Å². The van der Waals surface area contributed by atoms with Crippen LogP contribution in [-0.2, 0) is 4.74 Å². The summed E-state index contributed by atoms with van der Waals surface area (Å²) < 4.78 is 5.32. The maximum atomic E-state index is 5.59. The second-order valence-corrected chi connectivity index (χ2v) is 4.20. The van der Waals surface area contributed by atoms with Gasteiger partial charge in [0.1, 0.15) is 0 Å². The molecular weight excluding hydrogens is 186 g/mol. The van der Waals surface area contributed by atoms with Gasteiger partial charge in [-0.05, 0) is 32.3 Å². The van der Waals surface area contributed by atoms with Crippen LogP contribution in [0.4, 0.5) is 0 Å². The number of nitrogens with one attached hydrogen (secondary N) is 1. The maximum absolute atomic E-state index is 5.59. The number of rotatable bonds is 3. The molecule has 1 aliphatic heterocycles. The van der Waals surface area contributed by atoms with E-state index in [1.165, 1.54) is 5.57 Å². The Balaban J connectivity index is 2.33. The highest BCUT2D eigenvalue weighted by Crippen LogP contribution is 2.19. The van der Waals surface area contributed by atoms with Gasteiger partial charge >= 0.3 is 0 Å².